The summed E-state index contributed by atoms with van der Waals surface area (Å²) in [7, 11) is 3.25. The Morgan fingerprint density at radius 3 is 1.75 bits per heavy atom. The molecule has 2 heteroatoms. The first-order valence-corrected chi connectivity index (χ1v) is 5.55. The molecule has 0 aliphatic rings. The number of hydrogen-bond acceptors (Lipinski definition) is 2. The fraction of sp³-hybridized carbons (Fsp3) is 0.429. The maximum atomic E-state index is 4.25. The van der Waals surface area contributed by atoms with Crippen molar-refractivity contribution in [2.75, 3.05) is 27.3 Å². The van der Waals surface area contributed by atoms with E-state index in [1.165, 1.54) is 5.56 Å². The van der Waals surface area contributed by atoms with Crippen LogP contribution in [0.5, 0.6) is 0 Å². The van der Waals surface area contributed by atoms with Crippen LogP contribution in [0.1, 0.15) is 19.4 Å². The van der Waals surface area contributed by atoms with Gasteiger partial charge in [0.1, 0.15) is 0 Å². The van der Waals surface area contributed by atoms with E-state index in [9.17, 15) is 0 Å². The van der Waals surface area contributed by atoms with Gasteiger partial charge in [-0.25, -0.2) is 0 Å². The minimum Gasteiger partial charge on any atom is -0.388 e. The number of methoxy groups -OCH3 is 1. The summed E-state index contributed by atoms with van der Waals surface area (Å²) in [5.74, 6) is 0. The van der Waals surface area contributed by atoms with Gasteiger partial charge in [-0.1, -0.05) is 56.8 Å². The molecule has 1 aromatic carbocycles. The van der Waals surface area contributed by atoms with Crippen molar-refractivity contribution in [1.82, 2.24) is 5.32 Å². The second-order valence-electron chi connectivity index (χ2n) is 2.98. The zero-order valence-corrected chi connectivity index (χ0v) is 11.0. The molecule has 0 saturated heterocycles. The molecule has 0 aromatic heterocycles. The third-order valence-corrected chi connectivity index (χ3v) is 1.54. The number of ether oxygens (including phenoxy) is 1. The van der Waals surface area contributed by atoms with Crippen molar-refractivity contribution in [3.05, 3.63) is 42.5 Å². The Morgan fingerprint density at radius 1 is 1.12 bits per heavy atom. The molecule has 0 fully saturated rings. The summed E-state index contributed by atoms with van der Waals surface area (Å²) in [6.45, 7) is 10.0. The van der Waals surface area contributed by atoms with Gasteiger partial charge in [0.05, 0.1) is 0 Å². The van der Waals surface area contributed by atoms with Crippen LogP contribution in [0, 0.1) is 0 Å². The topological polar surface area (TPSA) is 21.3 Å². The van der Waals surface area contributed by atoms with Gasteiger partial charge >= 0.3 is 0 Å². The molecule has 0 amide bonds. The van der Waals surface area contributed by atoms with Gasteiger partial charge in [-0.3, -0.25) is 0 Å². The predicted molar refractivity (Wildman–Crippen MR) is 73.7 cm³/mol. The standard InChI is InChI=1S/C8H8.C4H11N.C2H6O/c1-2-8-6-4-3-5-7-8;1-3-5-4-2;1-3-2/h2-7H,1H2;5H,3-4H2,1-2H3;1-2H3. The van der Waals surface area contributed by atoms with Crippen molar-refractivity contribution < 1.29 is 4.74 Å². The molecule has 0 aliphatic carbocycles. The number of nitrogens with one attached hydrogen (secondary N) is 1. The summed E-state index contributed by atoms with van der Waals surface area (Å²) in [6, 6.07) is 10.0. The van der Waals surface area contributed by atoms with E-state index in [0.717, 1.165) is 13.1 Å². The van der Waals surface area contributed by atoms with Crippen molar-refractivity contribution in [3.63, 3.8) is 0 Å². The SMILES string of the molecule is C=Cc1ccccc1.CCNCC.COC. The van der Waals surface area contributed by atoms with Crippen LogP contribution < -0.4 is 5.32 Å². The van der Waals surface area contributed by atoms with Crippen LogP contribution in [-0.2, 0) is 4.74 Å². The fourth-order valence-corrected chi connectivity index (χ4v) is 0.839. The van der Waals surface area contributed by atoms with E-state index in [1.807, 2.05) is 36.4 Å². The van der Waals surface area contributed by atoms with Gasteiger partial charge in [-0.15, -0.1) is 0 Å². The lowest BCUT2D eigenvalue weighted by molar-refractivity contribution is 0.277. The maximum Gasteiger partial charge on any atom is 0.0351 e. The third-order valence-electron chi connectivity index (χ3n) is 1.54. The van der Waals surface area contributed by atoms with E-state index in [1.54, 1.807) is 14.2 Å². The van der Waals surface area contributed by atoms with Crippen molar-refractivity contribution in [2.45, 2.75) is 13.8 Å². The first-order valence-electron chi connectivity index (χ1n) is 5.55. The van der Waals surface area contributed by atoms with Gasteiger partial charge in [0.25, 0.3) is 0 Å². The summed E-state index contributed by atoms with van der Waals surface area (Å²) in [5, 5.41) is 3.11. The van der Waals surface area contributed by atoms with Crippen molar-refractivity contribution >= 4 is 6.08 Å². The zero-order valence-electron chi connectivity index (χ0n) is 11.0. The van der Waals surface area contributed by atoms with Crippen LogP contribution >= 0.6 is 0 Å². The molecule has 16 heavy (non-hydrogen) atoms. The summed E-state index contributed by atoms with van der Waals surface area (Å²) in [4.78, 5) is 0. The highest BCUT2D eigenvalue weighted by Crippen LogP contribution is 1.97. The molecular weight excluding hydrogens is 198 g/mol. The average Bonchev–Trinajstić information content (AvgIpc) is 2.33. The highest BCUT2D eigenvalue weighted by molar-refractivity contribution is 5.45. The summed E-state index contributed by atoms with van der Waals surface area (Å²) >= 11 is 0. The lowest BCUT2D eigenvalue weighted by atomic mass is 10.2. The highest BCUT2D eigenvalue weighted by atomic mass is 16.4. The van der Waals surface area contributed by atoms with Crippen LogP contribution in [0.15, 0.2) is 36.9 Å². The van der Waals surface area contributed by atoms with E-state index in [0.29, 0.717) is 0 Å². The normalized spacial score (nSPS) is 8.00. The van der Waals surface area contributed by atoms with Gasteiger partial charge in [0.2, 0.25) is 0 Å². The van der Waals surface area contributed by atoms with Crippen LogP contribution in [-0.4, -0.2) is 27.3 Å². The molecule has 1 rings (SSSR count). The average molecular weight is 223 g/mol. The van der Waals surface area contributed by atoms with E-state index >= 15 is 0 Å². The molecule has 0 bridgehead atoms. The molecule has 0 spiro atoms. The highest BCUT2D eigenvalue weighted by Gasteiger charge is 1.75. The fourth-order valence-electron chi connectivity index (χ4n) is 0.839. The Hall–Kier alpha value is -1.12. The van der Waals surface area contributed by atoms with Gasteiger partial charge < -0.3 is 10.1 Å². The van der Waals surface area contributed by atoms with E-state index in [2.05, 4.69) is 30.5 Å². The first-order chi connectivity index (χ1) is 7.76. The largest absolute Gasteiger partial charge is 0.388 e. The Balaban J connectivity index is 0. The van der Waals surface area contributed by atoms with Crippen molar-refractivity contribution in [2.24, 2.45) is 0 Å². The van der Waals surface area contributed by atoms with Gasteiger partial charge in [0.15, 0.2) is 0 Å². The summed E-state index contributed by atoms with van der Waals surface area (Å²) in [5.41, 5.74) is 1.17. The minimum absolute atomic E-state index is 1.09. The van der Waals surface area contributed by atoms with E-state index < -0.39 is 0 Å². The smallest absolute Gasteiger partial charge is 0.0351 e. The van der Waals surface area contributed by atoms with Crippen LogP contribution in [0.3, 0.4) is 0 Å². The third kappa shape index (κ3) is 15.4. The molecule has 0 atom stereocenters. The minimum atomic E-state index is 1.09. The summed E-state index contributed by atoms with van der Waals surface area (Å²) < 4.78 is 4.25. The molecule has 92 valence electrons. The molecule has 0 radical (unpaired) electrons. The van der Waals surface area contributed by atoms with E-state index in [-0.39, 0.29) is 0 Å². The van der Waals surface area contributed by atoms with Crippen molar-refractivity contribution in [3.8, 4) is 0 Å². The van der Waals surface area contributed by atoms with E-state index in [4.69, 9.17) is 0 Å². The Kier molecular flexibility index (Phi) is 17.6. The molecule has 2 nitrogen and oxygen atoms in total. The van der Waals surface area contributed by atoms with Gasteiger partial charge in [-0.05, 0) is 18.7 Å². The maximum absolute atomic E-state index is 4.25. The molecule has 0 aliphatic heterocycles. The number of benzene rings is 1. The van der Waals surface area contributed by atoms with Crippen LogP contribution in [0.25, 0.3) is 6.08 Å². The molecular formula is C14H25NO. The second kappa shape index (κ2) is 16.3. The predicted octanol–water partition coefficient (Wildman–Crippen LogP) is 3.21. The van der Waals surface area contributed by atoms with Gasteiger partial charge in [-0.2, -0.15) is 0 Å². The Bertz CT molecular complexity index is 219. The number of hydrogen-bond donors (Lipinski definition) is 1. The van der Waals surface area contributed by atoms with Gasteiger partial charge in [0, 0.05) is 14.2 Å². The molecule has 0 unspecified atom stereocenters. The first kappa shape index (κ1) is 17.3. The molecule has 0 saturated carbocycles. The zero-order chi connectivity index (χ0) is 12.6. The lowest BCUT2D eigenvalue weighted by Crippen LogP contribution is -2.09. The molecule has 0 heterocycles. The lowest BCUT2D eigenvalue weighted by Gasteiger charge is -1.86. The molecule has 1 N–H and O–H groups in total. The van der Waals surface area contributed by atoms with Crippen LogP contribution in [0.2, 0.25) is 0 Å². The van der Waals surface area contributed by atoms with Crippen LogP contribution in [0.4, 0.5) is 0 Å². The number of rotatable bonds is 3. The summed E-state index contributed by atoms with van der Waals surface area (Å²) in [6.07, 6.45) is 1.83. The quantitative estimate of drug-likeness (QED) is 0.849. The Labute approximate surface area is 100 Å². The van der Waals surface area contributed by atoms with Crippen molar-refractivity contribution in [1.29, 1.82) is 0 Å². The molecule has 1 aromatic rings. The second-order valence-corrected chi connectivity index (χ2v) is 2.98. The Morgan fingerprint density at radius 2 is 1.56 bits per heavy atom. The monoisotopic (exact) mass is 223 g/mol.